The SMILES string of the molecule is CN1c2ncccc2C(=O)N(CC2CCOCC2)C1O. The van der Waals surface area contributed by atoms with E-state index in [1.165, 1.54) is 4.90 Å². The molecule has 0 aliphatic carbocycles. The lowest BCUT2D eigenvalue weighted by molar-refractivity contribution is -0.0153. The van der Waals surface area contributed by atoms with E-state index in [9.17, 15) is 9.90 Å². The largest absolute Gasteiger partial charge is 0.381 e. The maximum Gasteiger partial charge on any atom is 0.261 e. The number of hydrogen-bond donors (Lipinski definition) is 1. The molecule has 1 aromatic heterocycles. The fourth-order valence-electron chi connectivity index (χ4n) is 2.81. The lowest BCUT2D eigenvalue weighted by Gasteiger charge is -2.41. The molecule has 1 N–H and O–H groups in total. The summed E-state index contributed by atoms with van der Waals surface area (Å²) < 4.78 is 5.33. The van der Waals surface area contributed by atoms with Gasteiger partial charge in [0.25, 0.3) is 5.91 Å². The molecule has 1 unspecified atom stereocenters. The van der Waals surface area contributed by atoms with Gasteiger partial charge in [-0.25, -0.2) is 4.98 Å². The van der Waals surface area contributed by atoms with Crippen LogP contribution in [0.25, 0.3) is 0 Å². The molecule has 0 saturated carbocycles. The van der Waals surface area contributed by atoms with Gasteiger partial charge in [0, 0.05) is 33.0 Å². The number of amides is 1. The van der Waals surface area contributed by atoms with Crippen LogP contribution in [0.15, 0.2) is 18.3 Å². The summed E-state index contributed by atoms with van der Waals surface area (Å²) in [6.45, 7) is 2.02. The molecule has 1 fully saturated rings. The molecule has 1 atom stereocenters. The number of hydrogen-bond acceptors (Lipinski definition) is 5. The molecule has 20 heavy (non-hydrogen) atoms. The third-order valence-electron chi connectivity index (χ3n) is 4.03. The third kappa shape index (κ3) is 2.25. The van der Waals surface area contributed by atoms with Crippen molar-refractivity contribution in [1.82, 2.24) is 9.88 Å². The van der Waals surface area contributed by atoms with E-state index in [2.05, 4.69) is 4.98 Å². The lowest BCUT2D eigenvalue weighted by atomic mass is 9.99. The highest BCUT2D eigenvalue weighted by molar-refractivity contribution is 6.00. The van der Waals surface area contributed by atoms with Crippen LogP contribution < -0.4 is 4.90 Å². The Kier molecular flexibility index (Phi) is 3.58. The average Bonchev–Trinajstić information content (AvgIpc) is 2.50. The molecule has 2 aliphatic heterocycles. The van der Waals surface area contributed by atoms with E-state index in [0.29, 0.717) is 23.8 Å². The van der Waals surface area contributed by atoms with Gasteiger partial charge in [0.15, 0.2) is 0 Å². The van der Waals surface area contributed by atoms with E-state index in [4.69, 9.17) is 4.74 Å². The number of carbonyl (C=O) groups excluding carboxylic acids is 1. The molecule has 2 aliphatic rings. The van der Waals surface area contributed by atoms with Crippen LogP contribution >= 0.6 is 0 Å². The van der Waals surface area contributed by atoms with E-state index in [1.807, 2.05) is 0 Å². The number of carbonyl (C=O) groups is 1. The zero-order valence-corrected chi connectivity index (χ0v) is 11.5. The topological polar surface area (TPSA) is 65.9 Å². The van der Waals surface area contributed by atoms with Crippen LogP contribution in [0.5, 0.6) is 0 Å². The second-order valence-electron chi connectivity index (χ2n) is 5.35. The first-order valence-corrected chi connectivity index (χ1v) is 6.93. The normalized spacial score (nSPS) is 23.9. The molecular formula is C14H19N3O3. The molecule has 3 rings (SSSR count). The number of anilines is 1. The van der Waals surface area contributed by atoms with Crippen LogP contribution in [-0.4, -0.2) is 54.1 Å². The predicted octanol–water partition coefficient (Wildman–Crippen LogP) is 0.676. The van der Waals surface area contributed by atoms with Crippen LogP contribution in [0.4, 0.5) is 5.82 Å². The van der Waals surface area contributed by atoms with Gasteiger partial charge in [-0.15, -0.1) is 0 Å². The Morgan fingerprint density at radius 2 is 2.20 bits per heavy atom. The van der Waals surface area contributed by atoms with Crippen LogP contribution in [0.2, 0.25) is 0 Å². The van der Waals surface area contributed by atoms with Gasteiger partial charge in [0.05, 0.1) is 5.56 Å². The molecular weight excluding hydrogens is 258 g/mol. The van der Waals surface area contributed by atoms with Crippen LogP contribution in [0.1, 0.15) is 23.2 Å². The van der Waals surface area contributed by atoms with Gasteiger partial charge in [-0.1, -0.05) is 0 Å². The van der Waals surface area contributed by atoms with Crippen molar-refractivity contribution in [1.29, 1.82) is 0 Å². The van der Waals surface area contributed by atoms with Crippen molar-refractivity contribution >= 4 is 11.7 Å². The van der Waals surface area contributed by atoms with E-state index in [-0.39, 0.29) is 5.91 Å². The Hall–Kier alpha value is -1.66. The Morgan fingerprint density at radius 1 is 1.45 bits per heavy atom. The van der Waals surface area contributed by atoms with Crippen LogP contribution in [-0.2, 0) is 4.74 Å². The first kappa shape index (κ1) is 13.3. The molecule has 1 saturated heterocycles. The van der Waals surface area contributed by atoms with Gasteiger partial charge in [0.1, 0.15) is 5.82 Å². The first-order chi connectivity index (χ1) is 9.68. The van der Waals surface area contributed by atoms with Gasteiger partial charge in [0.2, 0.25) is 6.35 Å². The molecule has 3 heterocycles. The Labute approximate surface area is 118 Å². The third-order valence-corrected chi connectivity index (χ3v) is 4.03. The van der Waals surface area contributed by atoms with Crippen molar-refractivity contribution in [3.63, 3.8) is 0 Å². The van der Waals surface area contributed by atoms with E-state index >= 15 is 0 Å². The van der Waals surface area contributed by atoms with Crippen molar-refractivity contribution in [2.75, 3.05) is 31.7 Å². The van der Waals surface area contributed by atoms with Gasteiger partial charge in [-0.2, -0.15) is 0 Å². The molecule has 6 heteroatoms. The van der Waals surface area contributed by atoms with E-state index in [0.717, 1.165) is 26.1 Å². The summed E-state index contributed by atoms with van der Waals surface area (Å²) >= 11 is 0. The number of aromatic nitrogens is 1. The zero-order chi connectivity index (χ0) is 14.1. The van der Waals surface area contributed by atoms with Crippen molar-refractivity contribution in [3.8, 4) is 0 Å². The number of ether oxygens (including phenoxy) is 1. The first-order valence-electron chi connectivity index (χ1n) is 6.93. The maximum atomic E-state index is 12.5. The average molecular weight is 277 g/mol. The molecule has 0 aromatic carbocycles. The van der Waals surface area contributed by atoms with E-state index < -0.39 is 6.35 Å². The smallest absolute Gasteiger partial charge is 0.261 e. The summed E-state index contributed by atoms with van der Waals surface area (Å²) in [7, 11) is 1.75. The summed E-state index contributed by atoms with van der Waals surface area (Å²) in [5.41, 5.74) is 0.548. The highest BCUT2D eigenvalue weighted by Gasteiger charge is 2.36. The highest BCUT2D eigenvalue weighted by Crippen LogP contribution is 2.28. The summed E-state index contributed by atoms with van der Waals surface area (Å²) in [5, 5.41) is 10.3. The Balaban J connectivity index is 1.83. The van der Waals surface area contributed by atoms with Gasteiger partial charge >= 0.3 is 0 Å². The summed E-state index contributed by atoms with van der Waals surface area (Å²) in [6.07, 6.45) is 2.54. The molecule has 0 spiro atoms. The Morgan fingerprint density at radius 3 is 2.95 bits per heavy atom. The number of fused-ring (bicyclic) bond motifs is 1. The van der Waals surface area contributed by atoms with Crippen molar-refractivity contribution in [2.45, 2.75) is 19.2 Å². The minimum Gasteiger partial charge on any atom is -0.381 e. The predicted molar refractivity (Wildman–Crippen MR) is 73.2 cm³/mol. The molecule has 108 valence electrons. The number of pyridine rings is 1. The number of nitrogens with zero attached hydrogens (tertiary/aromatic N) is 3. The molecule has 6 nitrogen and oxygen atoms in total. The Bertz CT molecular complexity index is 502. The molecule has 0 radical (unpaired) electrons. The molecule has 1 aromatic rings. The second kappa shape index (κ2) is 5.38. The maximum absolute atomic E-state index is 12.5. The minimum absolute atomic E-state index is 0.148. The van der Waals surface area contributed by atoms with Gasteiger partial charge in [-0.05, 0) is 30.9 Å². The monoisotopic (exact) mass is 277 g/mol. The van der Waals surface area contributed by atoms with Crippen molar-refractivity contribution in [3.05, 3.63) is 23.9 Å². The van der Waals surface area contributed by atoms with Crippen LogP contribution in [0.3, 0.4) is 0 Å². The minimum atomic E-state index is -0.951. The van der Waals surface area contributed by atoms with Crippen molar-refractivity contribution < 1.29 is 14.6 Å². The fourth-order valence-corrected chi connectivity index (χ4v) is 2.81. The summed E-state index contributed by atoms with van der Waals surface area (Å²) in [5.74, 6) is 0.771. The standard InChI is InChI=1S/C14H19N3O3/c1-16-12-11(3-2-6-15-12)13(18)17(14(16)19)9-10-4-7-20-8-5-10/h2-3,6,10,14,19H,4-5,7-9H2,1H3. The zero-order valence-electron chi connectivity index (χ0n) is 11.5. The van der Waals surface area contributed by atoms with Crippen LogP contribution in [0, 0.1) is 5.92 Å². The summed E-state index contributed by atoms with van der Waals surface area (Å²) in [6, 6.07) is 3.50. The summed E-state index contributed by atoms with van der Waals surface area (Å²) in [4.78, 5) is 19.9. The molecule has 1 amide bonds. The van der Waals surface area contributed by atoms with Crippen molar-refractivity contribution in [2.24, 2.45) is 5.92 Å². The highest BCUT2D eigenvalue weighted by atomic mass is 16.5. The molecule has 0 bridgehead atoms. The fraction of sp³-hybridized carbons (Fsp3) is 0.571. The second-order valence-corrected chi connectivity index (χ2v) is 5.35. The number of aliphatic hydroxyl groups is 1. The lowest BCUT2D eigenvalue weighted by Crippen LogP contribution is -2.55. The number of aliphatic hydroxyl groups excluding tert-OH is 1. The van der Waals surface area contributed by atoms with E-state index in [1.54, 1.807) is 30.3 Å². The quantitative estimate of drug-likeness (QED) is 0.861. The number of rotatable bonds is 2. The van der Waals surface area contributed by atoms with Gasteiger partial charge in [-0.3, -0.25) is 9.69 Å². The van der Waals surface area contributed by atoms with Gasteiger partial charge < -0.3 is 14.7 Å².